The first kappa shape index (κ1) is 25.4. The van der Waals surface area contributed by atoms with Gasteiger partial charge in [-0.2, -0.15) is 0 Å². The molecule has 1 atom stereocenters. The van der Waals surface area contributed by atoms with E-state index in [0.29, 0.717) is 18.9 Å². The normalized spacial score (nSPS) is 15.0. The summed E-state index contributed by atoms with van der Waals surface area (Å²) < 4.78 is 14.4. The predicted octanol–water partition coefficient (Wildman–Crippen LogP) is 5.50. The molecular weight excluding hydrogens is 506 g/mol. The lowest BCUT2D eigenvalue weighted by atomic mass is 10.1. The number of urea groups is 1. The Bertz CT molecular complexity index is 1720. The molecule has 1 N–H and O–H groups in total. The van der Waals surface area contributed by atoms with E-state index < -0.39 is 0 Å². The predicted molar refractivity (Wildman–Crippen MR) is 154 cm³/mol. The number of rotatable bonds is 6. The highest BCUT2D eigenvalue weighted by molar-refractivity contribution is 5.91. The van der Waals surface area contributed by atoms with Crippen LogP contribution in [-0.4, -0.2) is 68.6 Å². The van der Waals surface area contributed by atoms with E-state index in [4.69, 9.17) is 9.47 Å². The number of hydrogen-bond donors (Lipinski definition) is 1. The molecule has 1 aliphatic heterocycles. The number of aromatic nitrogens is 4. The van der Waals surface area contributed by atoms with E-state index in [1.807, 2.05) is 78.0 Å². The number of fused-ring (bicyclic) bond motifs is 2. The molecular formula is C30H31N7O3. The Balaban J connectivity index is 1.18. The van der Waals surface area contributed by atoms with Gasteiger partial charge < -0.3 is 29.2 Å². The zero-order valence-corrected chi connectivity index (χ0v) is 23.0. The molecule has 1 saturated heterocycles. The molecule has 40 heavy (non-hydrogen) atoms. The molecule has 0 aliphatic carbocycles. The third kappa shape index (κ3) is 5.07. The highest BCUT2D eigenvalue weighted by atomic mass is 16.5. The molecule has 10 heteroatoms. The van der Waals surface area contributed by atoms with Crippen molar-refractivity contribution in [2.24, 2.45) is 7.05 Å². The van der Waals surface area contributed by atoms with Gasteiger partial charge in [0.1, 0.15) is 35.5 Å². The van der Waals surface area contributed by atoms with Crippen LogP contribution in [0.2, 0.25) is 0 Å². The summed E-state index contributed by atoms with van der Waals surface area (Å²) in [6, 6.07) is 17.6. The van der Waals surface area contributed by atoms with Crippen LogP contribution < -0.4 is 14.8 Å². The first-order chi connectivity index (χ1) is 19.3. The second-order valence-electron chi connectivity index (χ2n) is 10.3. The summed E-state index contributed by atoms with van der Waals surface area (Å²) in [5, 5.41) is 4.28. The number of nitrogens with zero attached hydrogens (tertiary/aromatic N) is 6. The summed E-state index contributed by atoms with van der Waals surface area (Å²) in [4.78, 5) is 29.0. The van der Waals surface area contributed by atoms with Gasteiger partial charge >= 0.3 is 6.03 Å². The van der Waals surface area contributed by atoms with Crippen LogP contribution in [-0.2, 0) is 7.05 Å². The first-order valence-corrected chi connectivity index (χ1v) is 13.2. The van der Waals surface area contributed by atoms with Crippen LogP contribution in [0.3, 0.4) is 0 Å². The summed E-state index contributed by atoms with van der Waals surface area (Å²) in [6.07, 6.45) is 4.07. The molecule has 0 spiro atoms. The Morgan fingerprint density at radius 1 is 1.00 bits per heavy atom. The topological polar surface area (TPSA) is 97.6 Å². The first-order valence-electron chi connectivity index (χ1n) is 13.2. The number of anilines is 2. The molecule has 6 rings (SSSR count). The fraction of sp³-hybridized carbons (Fsp3) is 0.267. The number of ether oxygens (including phenoxy) is 2. The Morgan fingerprint density at radius 2 is 1.85 bits per heavy atom. The third-order valence-electron chi connectivity index (χ3n) is 7.07. The van der Waals surface area contributed by atoms with Gasteiger partial charge in [-0.05, 0) is 61.0 Å². The van der Waals surface area contributed by atoms with Gasteiger partial charge in [0.25, 0.3) is 0 Å². The number of amides is 2. The standard InChI is InChI=1S/C30H31N7O3/c1-19-13-20(5-10-28(19)40-22-7-9-27-26(15-22)33-18-36(27)4)34-29-24-14-21(6-8-25(24)31-17-32-29)39-23-11-12-37(16-23)30(38)35(2)3/h5-10,13-15,17-18,23H,11-12,16H2,1-4H3,(H,31,32,34)/t23-/m1/s1. The molecule has 2 aromatic heterocycles. The number of likely N-dealkylation sites (tertiary alicyclic amines) is 1. The minimum absolute atomic E-state index is 0.00508. The van der Waals surface area contributed by atoms with Gasteiger partial charge in [0.15, 0.2) is 0 Å². The van der Waals surface area contributed by atoms with Crippen molar-refractivity contribution in [1.29, 1.82) is 0 Å². The van der Waals surface area contributed by atoms with Crippen molar-refractivity contribution in [2.45, 2.75) is 19.4 Å². The number of aryl methyl sites for hydroxylation is 2. The second-order valence-corrected chi connectivity index (χ2v) is 10.3. The SMILES string of the molecule is Cc1cc(Nc2ncnc3ccc(O[C@@H]4CCN(C(=O)N(C)C)C4)cc23)ccc1Oc1ccc2c(c1)ncn2C. The zero-order valence-electron chi connectivity index (χ0n) is 23.0. The maximum atomic E-state index is 12.3. The van der Waals surface area contributed by atoms with Crippen molar-refractivity contribution in [3.63, 3.8) is 0 Å². The van der Waals surface area contributed by atoms with E-state index >= 15 is 0 Å². The number of carbonyl (C=O) groups is 1. The number of hydrogen-bond acceptors (Lipinski definition) is 7. The molecule has 204 valence electrons. The largest absolute Gasteiger partial charge is 0.488 e. The van der Waals surface area contributed by atoms with Crippen molar-refractivity contribution in [3.05, 3.63) is 72.8 Å². The maximum absolute atomic E-state index is 12.3. The molecule has 2 amide bonds. The molecule has 1 aliphatic rings. The highest BCUT2D eigenvalue weighted by Gasteiger charge is 2.28. The monoisotopic (exact) mass is 537 g/mol. The van der Waals surface area contributed by atoms with E-state index in [2.05, 4.69) is 20.3 Å². The number of carbonyl (C=O) groups excluding carboxylic acids is 1. The van der Waals surface area contributed by atoms with Crippen LogP contribution in [0.4, 0.5) is 16.3 Å². The Morgan fingerprint density at radius 3 is 2.67 bits per heavy atom. The smallest absolute Gasteiger partial charge is 0.319 e. The van der Waals surface area contributed by atoms with Gasteiger partial charge in [-0.1, -0.05) is 0 Å². The van der Waals surface area contributed by atoms with Crippen molar-refractivity contribution < 1.29 is 14.3 Å². The van der Waals surface area contributed by atoms with Gasteiger partial charge in [-0.3, -0.25) is 0 Å². The summed E-state index contributed by atoms with van der Waals surface area (Å²) in [7, 11) is 5.50. The van der Waals surface area contributed by atoms with E-state index in [0.717, 1.165) is 56.9 Å². The molecule has 5 aromatic rings. The Kier molecular flexibility index (Phi) is 6.59. The molecule has 3 aromatic carbocycles. The Hall–Kier alpha value is -4.86. The van der Waals surface area contributed by atoms with Crippen molar-refractivity contribution in [1.82, 2.24) is 29.3 Å². The number of benzene rings is 3. The fourth-order valence-corrected chi connectivity index (χ4v) is 4.97. The second kappa shape index (κ2) is 10.4. The molecule has 0 saturated carbocycles. The lowest BCUT2D eigenvalue weighted by molar-refractivity contribution is 0.168. The van der Waals surface area contributed by atoms with Crippen LogP contribution in [0.5, 0.6) is 17.2 Å². The fourth-order valence-electron chi connectivity index (χ4n) is 4.97. The van der Waals surface area contributed by atoms with E-state index in [1.54, 1.807) is 31.6 Å². The quantitative estimate of drug-likeness (QED) is 0.306. The number of nitrogens with one attached hydrogen (secondary N) is 1. The van der Waals surface area contributed by atoms with E-state index in [9.17, 15) is 4.79 Å². The van der Waals surface area contributed by atoms with Gasteiger partial charge in [0.2, 0.25) is 0 Å². The average Bonchev–Trinajstić information content (AvgIpc) is 3.56. The highest BCUT2D eigenvalue weighted by Crippen LogP contribution is 2.32. The van der Waals surface area contributed by atoms with E-state index in [1.165, 1.54) is 0 Å². The summed E-state index contributed by atoms with van der Waals surface area (Å²) in [5.41, 5.74) is 4.61. The molecule has 10 nitrogen and oxygen atoms in total. The van der Waals surface area contributed by atoms with Crippen LogP contribution in [0.15, 0.2) is 67.3 Å². The zero-order chi connectivity index (χ0) is 27.8. The van der Waals surface area contributed by atoms with Crippen LogP contribution in [0.1, 0.15) is 12.0 Å². The average molecular weight is 538 g/mol. The van der Waals surface area contributed by atoms with Gasteiger partial charge in [-0.15, -0.1) is 0 Å². The van der Waals surface area contributed by atoms with Gasteiger partial charge in [0, 0.05) is 51.2 Å². The molecule has 0 bridgehead atoms. The minimum Gasteiger partial charge on any atom is -0.488 e. The third-order valence-corrected chi connectivity index (χ3v) is 7.07. The van der Waals surface area contributed by atoms with Crippen molar-refractivity contribution in [3.8, 4) is 17.2 Å². The maximum Gasteiger partial charge on any atom is 0.319 e. The van der Waals surface area contributed by atoms with Crippen LogP contribution >= 0.6 is 0 Å². The number of imidazole rings is 1. The van der Waals surface area contributed by atoms with Crippen LogP contribution in [0, 0.1) is 6.92 Å². The van der Waals surface area contributed by atoms with Gasteiger partial charge in [0.05, 0.1) is 29.4 Å². The van der Waals surface area contributed by atoms with Crippen LogP contribution in [0.25, 0.3) is 21.9 Å². The minimum atomic E-state index is -0.0593. The van der Waals surface area contributed by atoms with Gasteiger partial charge in [-0.25, -0.2) is 19.7 Å². The van der Waals surface area contributed by atoms with Crippen molar-refractivity contribution in [2.75, 3.05) is 32.5 Å². The molecule has 1 fully saturated rings. The summed E-state index contributed by atoms with van der Waals surface area (Å²) in [6.45, 7) is 3.26. The Labute approximate surface area is 232 Å². The molecule has 0 radical (unpaired) electrons. The summed E-state index contributed by atoms with van der Waals surface area (Å²) in [5.74, 6) is 2.91. The molecule has 0 unspecified atom stereocenters. The lowest BCUT2D eigenvalue weighted by Gasteiger charge is -2.21. The summed E-state index contributed by atoms with van der Waals surface area (Å²) >= 11 is 0. The lowest BCUT2D eigenvalue weighted by Crippen LogP contribution is -2.38. The van der Waals surface area contributed by atoms with E-state index in [-0.39, 0.29) is 12.1 Å². The van der Waals surface area contributed by atoms with Crippen molar-refractivity contribution >= 4 is 39.5 Å². The molecule has 3 heterocycles.